The Labute approximate surface area is 220 Å². The Morgan fingerprint density at radius 1 is 1.21 bits per heavy atom. The maximum atomic E-state index is 13.5. The molecule has 2 aliphatic heterocycles. The van der Waals surface area contributed by atoms with Gasteiger partial charge in [-0.2, -0.15) is 4.98 Å². The Bertz CT molecular complexity index is 1370. The van der Waals surface area contributed by atoms with Crippen LogP contribution >= 0.6 is 11.3 Å². The fourth-order valence-electron chi connectivity index (χ4n) is 5.32. The van der Waals surface area contributed by atoms with Crippen LogP contribution in [0, 0.1) is 0 Å². The normalized spacial score (nSPS) is 22.7. The zero-order valence-corrected chi connectivity index (χ0v) is 21.9. The summed E-state index contributed by atoms with van der Waals surface area (Å²) in [5, 5.41) is 13.1. The number of rotatable bonds is 4. The van der Waals surface area contributed by atoms with Crippen molar-refractivity contribution in [3.63, 3.8) is 0 Å². The van der Waals surface area contributed by atoms with Crippen molar-refractivity contribution in [2.75, 3.05) is 18.0 Å². The molecule has 204 valence electrons. The van der Waals surface area contributed by atoms with Gasteiger partial charge in [-0.25, -0.2) is 9.78 Å². The Balaban J connectivity index is 1.41. The number of halogens is 3. The van der Waals surface area contributed by atoms with E-state index in [1.807, 2.05) is 25.7 Å². The van der Waals surface area contributed by atoms with E-state index in [0.29, 0.717) is 36.5 Å². The van der Waals surface area contributed by atoms with E-state index in [-0.39, 0.29) is 40.9 Å². The van der Waals surface area contributed by atoms with E-state index in [1.54, 1.807) is 16.5 Å². The number of fused-ring (bicyclic) bond motifs is 3. The summed E-state index contributed by atoms with van der Waals surface area (Å²) in [7, 11) is 0. The highest BCUT2D eigenvalue weighted by molar-refractivity contribution is 7.13. The lowest BCUT2D eigenvalue weighted by molar-refractivity contribution is -0.274. The molecule has 38 heavy (non-hydrogen) atoms. The van der Waals surface area contributed by atoms with E-state index in [4.69, 9.17) is 9.15 Å². The molecule has 2 bridgehead atoms. The third-order valence-electron chi connectivity index (χ3n) is 7.07. The van der Waals surface area contributed by atoms with Gasteiger partial charge in [-0.15, -0.1) is 24.5 Å². The van der Waals surface area contributed by atoms with E-state index >= 15 is 0 Å². The smallest absolute Gasteiger partial charge is 0.444 e. The largest absolute Gasteiger partial charge is 0.573 e. The van der Waals surface area contributed by atoms with Gasteiger partial charge in [0.05, 0.1) is 23.2 Å². The van der Waals surface area contributed by atoms with Gasteiger partial charge >= 0.3 is 12.5 Å². The molecule has 2 saturated heterocycles. The highest BCUT2D eigenvalue weighted by Crippen LogP contribution is 2.53. The van der Waals surface area contributed by atoms with Crippen molar-refractivity contribution in [1.29, 1.82) is 0 Å². The number of hydrogen-bond donors (Lipinski definition) is 1. The molecule has 3 aromatic rings. The van der Waals surface area contributed by atoms with Crippen LogP contribution in [0.1, 0.15) is 52.0 Å². The second kappa shape index (κ2) is 8.47. The van der Waals surface area contributed by atoms with Crippen LogP contribution < -0.4 is 9.64 Å². The number of amides is 1. The van der Waals surface area contributed by atoms with Gasteiger partial charge in [0.15, 0.2) is 16.8 Å². The molecule has 2 unspecified atom stereocenters. The van der Waals surface area contributed by atoms with Crippen LogP contribution in [0.2, 0.25) is 0 Å². The van der Waals surface area contributed by atoms with E-state index in [1.165, 1.54) is 17.4 Å². The second-order valence-corrected chi connectivity index (χ2v) is 12.0. The first-order valence-electron chi connectivity index (χ1n) is 12.4. The van der Waals surface area contributed by atoms with Crippen molar-refractivity contribution < 1.29 is 37.0 Å². The Hall–Kier alpha value is -3.06. The molecule has 2 atom stereocenters. The second-order valence-electron chi connectivity index (χ2n) is 11.1. The summed E-state index contributed by atoms with van der Waals surface area (Å²) in [6.07, 6.45) is -1.63. The zero-order chi connectivity index (χ0) is 27.0. The lowest BCUT2D eigenvalue weighted by atomic mass is 10.0. The van der Waals surface area contributed by atoms with Gasteiger partial charge < -0.3 is 23.9 Å². The van der Waals surface area contributed by atoms with E-state index in [2.05, 4.69) is 14.7 Å². The van der Waals surface area contributed by atoms with E-state index < -0.39 is 23.3 Å². The molecule has 1 N–H and O–H groups in total. The number of carbonyl (C=O) groups is 1. The molecule has 13 heteroatoms. The number of aromatic nitrogens is 2. The SMILES string of the molecule is CC(C)(C)OC(=O)N1C2CCC1CN(c1nc3c(OC(F)(F)F)c(C4(O)CC4)cc(-c4nccs4)c3o1)C2. The standard InChI is InChI=1S/C25H27F3N4O5S/c1-23(2,3)37-22(33)32-13-4-5-14(32)12-31(11-13)21-30-17-18(35-21)15(20-29-8-9-38-20)10-16(24(34)6-7-24)19(17)36-25(26,27)28/h8-10,13-14,34H,4-7,11-12H2,1-3H3. The zero-order valence-electron chi connectivity index (χ0n) is 21.0. The first-order valence-corrected chi connectivity index (χ1v) is 13.3. The summed E-state index contributed by atoms with van der Waals surface area (Å²) >= 11 is 1.30. The van der Waals surface area contributed by atoms with Crippen molar-refractivity contribution in [2.45, 2.75) is 76.1 Å². The highest BCUT2D eigenvalue weighted by atomic mass is 32.1. The number of carbonyl (C=O) groups excluding carboxylic acids is 1. The quantitative estimate of drug-likeness (QED) is 0.458. The van der Waals surface area contributed by atoms with Crippen molar-refractivity contribution in [3.05, 3.63) is 23.2 Å². The van der Waals surface area contributed by atoms with E-state index in [0.717, 1.165) is 12.8 Å². The number of benzene rings is 1. The number of nitrogens with zero attached hydrogens (tertiary/aromatic N) is 4. The first kappa shape index (κ1) is 25.2. The van der Waals surface area contributed by atoms with Gasteiger partial charge in [0, 0.05) is 30.2 Å². The maximum Gasteiger partial charge on any atom is 0.573 e. The summed E-state index contributed by atoms with van der Waals surface area (Å²) < 4.78 is 56.7. The van der Waals surface area contributed by atoms with Gasteiger partial charge in [0.25, 0.3) is 6.01 Å². The minimum absolute atomic E-state index is 0.0159. The monoisotopic (exact) mass is 552 g/mol. The van der Waals surface area contributed by atoms with Crippen molar-refractivity contribution in [1.82, 2.24) is 14.9 Å². The van der Waals surface area contributed by atoms with Gasteiger partial charge in [-0.05, 0) is 52.5 Å². The molecule has 6 rings (SSSR count). The minimum Gasteiger partial charge on any atom is -0.444 e. The molecule has 9 nitrogen and oxygen atoms in total. The number of anilines is 1. The summed E-state index contributed by atoms with van der Waals surface area (Å²) in [5.41, 5.74) is -1.63. The molecular formula is C25H27F3N4O5S. The lowest BCUT2D eigenvalue weighted by Gasteiger charge is -2.40. The third-order valence-corrected chi connectivity index (χ3v) is 7.88. The molecule has 1 aromatic carbocycles. The number of hydrogen-bond acceptors (Lipinski definition) is 9. The number of piperazine rings is 1. The summed E-state index contributed by atoms with van der Waals surface area (Å²) in [5.74, 6) is -0.557. The number of alkyl halides is 3. The van der Waals surface area contributed by atoms with Crippen LogP contribution in [-0.2, 0) is 10.3 Å². The summed E-state index contributed by atoms with van der Waals surface area (Å²) in [6.45, 7) is 6.22. The minimum atomic E-state index is -4.99. The molecular weight excluding hydrogens is 525 g/mol. The Morgan fingerprint density at radius 3 is 2.45 bits per heavy atom. The van der Waals surface area contributed by atoms with Gasteiger partial charge in [-0.1, -0.05) is 0 Å². The fraction of sp³-hybridized carbons (Fsp3) is 0.560. The Kier molecular flexibility index (Phi) is 5.62. The van der Waals surface area contributed by atoms with Gasteiger partial charge in [0.1, 0.15) is 10.6 Å². The maximum absolute atomic E-state index is 13.5. The van der Waals surface area contributed by atoms with Crippen LogP contribution in [0.3, 0.4) is 0 Å². The van der Waals surface area contributed by atoms with Crippen LogP contribution in [0.15, 0.2) is 22.1 Å². The van der Waals surface area contributed by atoms with Crippen LogP contribution in [0.4, 0.5) is 24.0 Å². The lowest BCUT2D eigenvalue weighted by Crippen LogP contribution is -2.56. The van der Waals surface area contributed by atoms with Crippen molar-refractivity contribution in [2.24, 2.45) is 0 Å². The fourth-order valence-corrected chi connectivity index (χ4v) is 5.97. The van der Waals surface area contributed by atoms with Crippen LogP contribution in [-0.4, -0.2) is 63.2 Å². The first-order chi connectivity index (χ1) is 17.8. The van der Waals surface area contributed by atoms with Crippen LogP contribution in [0.25, 0.3) is 21.7 Å². The predicted octanol–water partition coefficient (Wildman–Crippen LogP) is 5.42. The number of oxazole rings is 1. The van der Waals surface area contributed by atoms with Crippen molar-refractivity contribution >= 4 is 34.5 Å². The number of aliphatic hydroxyl groups is 1. The summed E-state index contributed by atoms with van der Waals surface area (Å²) in [6, 6.07) is 1.30. The number of thiazole rings is 1. The van der Waals surface area contributed by atoms with E-state index in [9.17, 15) is 23.1 Å². The Morgan fingerprint density at radius 2 is 1.89 bits per heavy atom. The highest BCUT2D eigenvalue weighted by Gasteiger charge is 2.49. The molecule has 3 fully saturated rings. The average molecular weight is 553 g/mol. The molecule has 0 radical (unpaired) electrons. The average Bonchev–Trinajstić information content (AvgIpc) is 3.19. The van der Waals surface area contributed by atoms with Gasteiger partial charge in [0.2, 0.25) is 0 Å². The van der Waals surface area contributed by atoms with Gasteiger partial charge in [-0.3, -0.25) is 4.90 Å². The molecule has 1 amide bonds. The predicted molar refractivity (Wildman–Crippen MR) is 132 cm³/mol. The third kappa shape index (κ3) is 4.55. The molecule has 0 spiro atoms. The molecule has 2 aromatic heterocycles. The molecule has 3 aliphatic rings. The van der Waals surface area contributed by atoms with Crippen molar-refractivity contribution in [3.8, 4) is 16.3 Å². The molecule has 1 saturated carbocycles. The molecule has 4 heterocycles. The summed E-state index contributed by atoms with van der Waals surface area (Å²) in [4.78, 5) is 25.2. The van der Waals surface area contributed by atoms with Crippen LogP contribution in [0.5, 0.6) is 5.75 Å². The topological polar surface area (TPSA) is 101 Å². The molecule has 1 aliphatic carbocycles. The number of ether oxygens (including phenoxy) is 2.